The number of halogens is 3. The Kier molecular flexibility index (Phi) is 4.70. The number of morpholine rings is 1. The molecule has 3 nitrogen and oxygen atoms in total. The van der Waals surface area contributed by atoms with E-state index in [1.165, 1.54) is 0 Å². The maximum absolute atomic E-state index is 13.3. The predicted octanol–water partition coefficient (Wildman–Crippen LogP) is 2.26. The van der Waals surface area contributed by atoms with Gasteiger partial charge in [-0.2, -0.15) is 0 Å². The highest BCUT2D eigenvalue weighted by molar-refractivity contribution is 5.19. The number of nitrogens with zero attached hydrogens (tertiary/aromatic N) is 2. The van der Waals surface area contributed by atoms with Gasteiger partial charge in [0.1, 0.15) is 0 Å². The second kappa shape index (κ2) is 6.56. The topological polar surface area (TPSA) is 15.7 Å². The van der Waals surface area contributed by atoms with Gasteiger partial charge in [0.15, 0.2) is 17.5 Å². The van der Waals surface area contributed by atoms with Gasteiger partial charge in [-0.05, 0) is 23.6 Å². The summed E-state index contributed by atoms with van der Waals surface area (Å²) in [5.74, 6) is -3.14. The monoisotopic (exact) mass is 314 g/mol. The van der Waals surface area contributed by atoms with Crippen molar-refractivity contribution in [2.45, 2.75) is 19.5 Å². The molecular formula is C16H21F3N2O. The highest BCUT2D eigenvalue weighted by Gasteiger charge is 2.34. The summed E-state index contributed by atoms with van der Waals surface area (Å²) in [7, 11) is 0. The van der Waals surface area contributed by atoms with E-state index in [4.69, 9.17) is 4.74 Å². The molecule has 0 bridgehead atoms. The molecule has 122 valence electrons. The highest BCUT2D eigenvalue weighted by atomic mass is 19.2. The Balaban J connectivity index is 1.64. The third kappa shape index (κ3) is 3.29. The van der Waals surface area contributed by atoms with Crippen LogP contribution in [0.1, 0.15) is 12.5 Å². The standard InChI is InChI=1S/C16H21F3N2O/c1-11-8-20(10-15(11)21-2-4-22-5-3-21)9-12-6-13(17)16(19)14(18)7-12/h6-7,11,15H,2-5,8-10H2,1H3. The molecule has 0 aliphatic carbocycles. The number of rotatable bonds is 3. The summed E-state index contributed by atoms with van der Waals surface area (Å²) in [5, 5.41) is 0. The van der Waals surface area contributed by atoms with Gasteiger partial charge in [-0.15, -0.1) is 0 Å². The minimum atomic E-state index is -1.40. The molecule has 6 heteroatoms. The molecule has 2 heterocycles. The van der Waals surface area contributed by atoms with Crippen molar-refractivity contribution in [1.29, 1.82) is 0 Å². The summed E-state index contributed by atoms with van der Waals surface area (Å²) in [4.78, 5) is 4.61. The number of hydrogen-bond acceptors (Lipinski definition) is 3. The van der Waals surface area contributed by atoms with Crippen LogP contribution in [0.4, 0.5) is 13.2 Å². The zero-order chi connectivity index (χ0) is 15.7. The van der Waals surface area contributed by atoms with E-state index in [1.807, 2.05) is 0 Å². The van der Waals surface area contributed by atoms with Crippen LogP contribution in [-0.2, 0) is 11.3 Å². The third-order valence-electron chi connectivity index (χ3n) is 4.61. The second-order valence-electron chi connectivity index (χ2n) is 6.26. The SMILES string of the molecule is CC1CN(Cc2cc(F)c(F)c(F)c2)CC1N1CCOCC1. The molecule has 1 aromatic carbocycles. The van der Waals surface area contributed by atoms with E-state index in [1.54, 1.807) is 0 Å². The summed E-state index contributed by atoms with van der Waals surface area (Å²) in [5.41, 5.74) is 0.478. The number of hydrogen-bond donors (Lipinski definition) is 0. The van der Waals surface area contributed by atoms with Crippen molar-refractivity contribution >= 4 is 0 Å². The predicted molar refractivity (Wildman–Crippen MR) is 76.9 cm³/mol. The van der Waals surface area contributed by atoms with Crippen molar-refractivity contribution in [1.82, 2.24) is 9.80 Å². The molecule has 2 unspecified atom stereocenters. The first-order valence-electron chi connectivity index (χ1n) is 7.72. The maximum atomic E-state index is 13.3. The molecule has 0 radical (unpaired) electrons. The van der Waals surface area contributed by atoms with E-state index >= 15 is 0 Å². The lowest BCUT2D eigenvalue weighted by Crippen LogP contribution is -2.46. The molecule has 2 fully saturated rings. The molecule has 2 aliphatic heterocycles. The fourth-order valence-electron chi connectivity index (χ4n) is 3.52. The molecule has 3 rings (SSSR count). The Bertz CT molecular complexity index is 511. The van der Waals surface area contributed by atoms with Gasteiger partial charge in [-0.3, -0.25) is 9.80 Å². The van der Waals surface area contributed by atoms with E-state index in [2.05, 4.69) is 16.7 Å². The summed E-state index contributed by atoms with van der Waals surface area (Å²) in [6.45, 7) is 7.77. The van der Waals surface area contributed by atoms with Gasteiger partial charge in [0.2, 0.25) is 0 Å². The van der Waals surface area contributed by atoms with Gasteiger partial charge in [-0.1, -0.05) is 6.92 Å². The van der Waals surface area contributed by atoms with Gasteiger partial charge < -0.3 is 4.74 Å². The van der Waals surface area contributed by atoms with Gasteiger partial charge >= 0.3 is 0 Å². The zero-order valence-electron chi connectivity index (χ0n) is 12.7. The molecule has 2 saturated heterocycles. The zero-order valence-corrected chi connectivity index (χ0v) is 12.7. The largest absolute Gasteiger partial charge is 0.379 e. The number of benzene rings is 1. The van der Waals surface area contributed by atoms with Crippen LogP contribution in [0, 0.1) is 23.4 Å². The normalized spacial score (nSPS) is 27.5. The van der Waals surface area contributed by atoms with Crippen molar-refractivity contribution in [3.63, 3.8) is 0 Å². The second-order valence-corrected chi connectivity index (χ2v) is 6.26. The van der Waals surface area contributed by atoms with E-state index < -0.39 is 17.5 Å². The van der Waals surface area contributed by atoms with Crippen LogP contribution in [0.3, 0.4) is 0 Å². The molecular weight excluding hydrogens is 293 g/mol. The van der Waals surface area contributed by atoms with Gasteiger partial charge in [0.05, 0.1) is 13.2 Å². The van der Waals surface area contributed by atoms with Crippen LogP contribution < -0.4 is 0 Å². The summed E-state index contributed by atoms with van der Waals surface area (Å²) in [6, 6.07) is 2.62. The molecule has 22 heavy (non-hydrogen) atoms. The molecule has 0 spiro atoms. The molecule has 0 amide bonds. The molecule has 1 aromatic rings. The Morgan fingerprint density at radius 1 is 1.09 bits per heavy atom. The number of ether oxygens (including phenoxy) is 1. The highest BCUT2D eigenvalue weighted by Crippen LogP contribution is 2.25. The Labute approximate surface area is 128 Å². The summed E-state index contributed by atoms with van der Waals surface area (Å²) >= 11 is 0. The maximum Gasteiger partial charge on any atom is 0.194 e. The van der Waals surface area contributed by atoms with Crippen molar-refractivity contribution in [2.24, 2.45) is 5.92 Å². The summed E-state index contributed by atoms with van der Waals surface area (Å²) in [6.07, 6.45) is 0. The Morgan fingerprint density at radius 3 is 2.36 bits per heavy atom. The average molecular weight is 314 g/mol. The van der Waals surface area contributed by atoms with Crippen molar-refractivity contribution in [3.05, 3.63) is 35.1 Å². The lowest BCUT2D eigenvalue weighted by molar-refractivity contribution is 0.0117. The molecule has 0 saturated carbocycles. The van der Waals surface area contributed by atoms with E-state index in [9.17, 15) is 13.2 Å². The first-order valence-corrected chi connectivity index (χ1v) is 7.72. The lowest BCUT2D eigenvalue weighted by atomic mass is 10.0. The van der Waals surface area contributed by atoms with E-state index in [-0.39, 0.29) is 0 Å². The smallest absolute Gasteiger partial charge is 0.194 e. The van der Waals surface area contributed by atoms with E-state index in [0.717, 1.165) is 51.5 Å². The first kappa shape index (κ1) is 15.8. The average Bonchev–Trinajstić information content (AvgIpc) is 2.86. The van der Waals surface area contributed by atoms with Crippen molar-refractivity contribution in [2.75, 3.05) is 39.4 Å². The van der Waals surface area contributed by atoms with Crippen LogP contribution in [-0.4, -0.2) is 55.2 Å². The first-order chi connectivity index (χ1) is 10.5. The molecule has 0 N–H and O–H groups in total. The fraction of sp³-hybridized carbons (Fsp3) is 0.625. The van der Waals surface area contributed by atoms with Crippen LogP contribution in [0.15, 0.2) is 12.1 Å². The van der Waals surface area contributed by atoms with Crippen LogP contribution in [0.25, 0.3) is 0 Å². The van der Waals surface area contributed by atoms with Gasteiger partial charge in [0.25, 0.3) is 0 Å². The van der Waals surface area contributed by atoms with Crippen molar-refractivity contribution in [3.8, 4) is 0 Å². The van der Waals surface area contributed by atoms with Gasteiger partial charge in [-0.25, -0.2) is 13.2 Å². The number of likely N-dealkylation sites (tertiary alicyclic amines) is 1. The van der Waals surface area contributed by atoms with Gasteiger partial charge in [0, 0.05) is 38.8 Å². The quantitative estimate of drug-likeness (QED) is 0.796. The molecule has 2 aliphatic rings. The van der Waals surface area contributed by atoms with Crippen molar-refractivity contribution < 1.29 is 17.9 Å². The molecule has 0 aromatic heterocycles. The summed E-state index contributed by atoms with van der Waals surface area (Å²) < 4.78 is 45.0. The van der Waals surface area contributed by atoms with E-state index in [0.29, 0.717) is 24.1 Å². The third-order valence-corrected chi connectivity index (χ3v) is 4.61. The molecule has 2 atom stereocenters. The van der Waals surface area contributed by atoms with Crippen LogP contribution in [0.5, 0.6) is 0 Å². The lowest BCUT2D eigenvalue weighted by Gasteiger charge is -2.34. The minimum absolute atomic E-state index is 0.444. The minimum Gasteiger partial charge on any atom is -0.379 e. The Hall–Kier alpha value is -1.11. The van der Waals surface area contributed by atoms with Crippen LogP contribution >= 0.6 is 0 Å². The fourth-order valence-corrected chi connectivity index (χ4v) is 3.52. The van der Waals surface area contributed by atoms with Crippen LogP contribution in [0.2, 0.25) is 0 Å². The Morgan fingerprint density at radius 2 is 1.73 bits per heavy atom.